The lowest BCUT2D eigenvalue weighted by Gasteiger charge is -2.41. The molecule has 0 radical (unpaired) electrons. The fourth-order valence-corrected chi connectivity index (χ4v) is 11.4. The molecule has 11 nitrogen and oxygen atoms in total. The van der Waals surface area contributed by atoms with Crippen LogP contribution in [0.2, 0.25) is 0 Å². The van der Waals surface area contributed by atoms with Crippen LogP contribution >= 0.6 is 0 Å². The van der Waals surface area contributed by atoms with Crippen LogP contribution in [0.5, 0.6) is 0 Å². The second-order valence-electron chi connectivity index (χ2n) is 25.7. The highest BCUT2D eigenvalue weighted by Crippen LogP contribution is 2.26. The number of aliphatic hydroxyl groups excluding tert-OH is 5. The van der Waals surface area contributed by atoms with E-state index in [1.165, 1.54) is 180 Å². The normalized spacial score (nSPS) is 18.6. The van der Waals surface area contributed by atoms with Gasteiger partial charge in [-0.1, -0.05) is 311 Å². The number of nitrogens with one attached hydrogen (secondary N) is 1. The van der Waals surface area contributed by atoms with Gasteiger partial charge in [0.1, 0.15) is 24.4 Å². The monoisotopic (exact) mass is 1250 g/mol. The van der Waals surface area contributed by atoms with Crippen molar-refractivity contribution in [3.8, 4) is 0 Å². The van der Waals surface area contributed by atoms with Crippen LogP contribution in [-0.2, 0) is 23.8 Å². The van der Waals surface area contributed by atoms with Gasteiger partial charge < -0.3 is 45.1 Å². The average Bonchev–Trinajstić information content (AvgIpc) is 1.97. The second-order valence-corrected chi connectivity index (χ2v) is 25.7. The van der Waals surface area contributed by atoms with Crippen molar-refractivity contribution in [3.05, 3.63) is 85.1 Å². The average molecular weight is 1250 g/mol. The molecule has 1 saturated heterocycles. The molecule has 0 spiro atoms. The highest BCUT2D eigenvalue weighted by molar-refractivity contribution is 5.80. The number of ether oxygens (including phenoxy) is 3. The SMILES string of the molecule is CCCCC/C=C\C/C=C\C/C=C\C/C=C\CCCCCCCCCC(=O)OC1C(OCC(NC(=O)C(O)CCCCCCCCCCCCCCCCCC/C=C\C/C=C\CCCCC)C(O)/C=C/CCCCCCCCCCC)OC(CO)C(O)C1O. The number of carbonyl (C=O) groups excluding carboxylic acids is 2. The minimum atomic E-state index is -1.62. The number of esters is 1. The van der Waals surface area contributed by atoms with Gasteiger partial charge in [0.25, 0.3) is 0 Å². The van der Waals surface area contributed by atoms with Gasteiger partial charge in [-0.05, 0) is 103 Å². The van der Waals surface area contributed by atoms with E-state index in [9.17, 15) is 35.1 Å². The lowest BCUT2D eigenvalue weighted by Crippen LogP contribution is -2.61. The molecule has 1 fully saturated rings. The third kappa shape index (κ3) is 52.0. The van der Waals surface area contributed by atoms with E-state index in [4.69, 9.17) is 14.2 Å². The molecule has 8 atom stereocenters. The Bertz CT molecular complexity index is 1780. The van der Waals surface area contributed by atoms with Crippen molar-refractivity contribution >= 4 is 11.9 Å². The van der Waals surface area contributed by atoms with E-state index in [0.29, 0.717) is 12.8 Å². The second kappa shape index (κ2) is 64.9. The van der Waals surface area contributed by atoms with Gasteiger partial charge in [0.05, 0.1) is 25.4 Å². The third-order valence-electron chi connectivity index (χ3n) is 17.3. The molecular weight excluding hydrogens is 1110 g/mol. The summed E-state index contributed by atoms with van der Waals surface area (Å²) in [7, 11) is 0. The topological polar surface area (TPSA) is 175 Å². The van der Waals surface area contributed by atoms with Gasteiger partial charge in [-0.2, -0.15) is 0 Å². The number of amides is 1. The van der Waals surface area contributed by atoms with Crippen LogP contribution in [0.1, 0.15) is 335 Å². The Morgan fingerprint density at radius 2 is 0.775 bits per heavy atom. The quantitative estimate of drug-likeness (QED) is 0.0195. The van der Waals surface area contributed by atoms with Crippen LogP contribution < -0.4 is 5.32 Å². The Morgan fingerprint density at radius 3 is 1.18 bits per heavy atom. The molecule has 1 aliphatic rings. The molecule has 516 valence electrons. The van der Waals surface area contributed by atoms with Crippen LogP contribution in [0, 0.1) is 0 Å². The van der Waals surface area contributed by atoms with E-state index < -0.39 is 67.4 Å². The molecule has 0 bridgehead atoms. The summed E-state index contributed by atoms with van der Waals surface area (Å²) in [6.45, 7) is 5.76. The molecule has 0 aromatic rings. The van der Waals surface area contributed by atoms with Gasteiger partial charge in [-0.3, -0.25) is 9.59 Å². The molecule has 0 saturated carbocycles. The zero-order chi connectivity index (χ0) is 64.6. The van der Waals surface area contributed by atoms with Crippen LogP contribution in [0.4, 0.5) is 0 Å². The van der Waals surface area contributed by atoms with E-state index >= 15 is 0 Å². The minimum Gasteiger partial charge on any atom is -0.454 e. The first kappa shape index (κ1) is 83.9. The van der Waals surface area contributed by atoms with E-state index in [2.05, 4.69) is 99.0 Å². The third-order valence-corrected chi connectivity index (χ3v) is 17.3. The van der Waals surface area contributed by atoms with E-state index in [1.54, 1.807) is 6.08 Å². The molecule has 11 heteroatoms. The van der Waals surface area contributed by atoms with Crippen molar-refractivity contribution in [1.29, 1.82) is 0 Å². The maximum Gasteiger partial charge on any atom is 0.306 e. The molecule has 0 aromatic heterocycles. The summed E-state index contributed by atoms with van der Waals surface area (Å²) in [5, 5.41) is 57.3. The lowest BCUT2D eigenvalue weighted by atomic mass is 9.99. The molecule has 0 aromatic carbocycles. The van der Waals surface area contributed by atoms with E-state index in [0.717, 1.165) is 109 Å². The molecule has 0 aliphatic carbocycles. The summed E-state index contributed by atoms with van der Waals surface area (Å²) in [6, 6.07) is -1.03. The number of hydrogen-bond donors (Lipinski definition) is 6. The summed E-state index contributed by atoms with van der Waals surface area (Å²) in [5.41, 5.74) is 0. The fourth-order valence-electron chi connectivity index (χ4n) is 11.4. The summed E-state index contributed by atoms with van der Waals surface area (Å²) in [6.07, 6.45) is 76.3. The molecule has 1 amide bonds. The van der Waals surface area contributed by atoms with Gasteiger partial charge in [-0.15, -0.1) is 0 Å². The molecule has 1 aliphatic heterocycles. The Balaban J connectivity index is 2.52. The zero-order valence-corrected chi connectivity index (χ0v) is 57.5. The summed E-state index contributed by atoms with van der Waals surface area (Å²) in [4.78, 5) is 26.7. The number of hydrogen-bond acceptors (Lipinski definition) is 10. The maximum atomic E-state index is 13.5. The van der Waals surface area contributed by atoms with Gasteiger partial charge in [-0.25, -0.2) is 0 Å². The number of allylic oxidation sites excluding steroid dienone is 13. The van der Waals surface area contributed by atoms with E-state index in [1.807, 2.05) is 6.08 Å². The first-order chi connectivity index (χ1) is 43.7. The van der Waals surface area contributed by atoms with Crippen molar-refractivity contribution in [3.63, 3.8) is 0 Å². The van der Waals surface area contributed by atoms with Gasteiger partial charge in [0.15, 0.2) is 12.4 Å². The maximum absolute atomic E-state index is 13.5. The summed E-state index contributed by atoms with van der Waals surface area (Å²) >= 11 is 0. The van der Waals surface area contributed by atoms with Crippen molar-refractivity contribution < 1.29 is 49.3 Å². The molecule has 1 rings (SSSR count). The largest absolute Gasteiger partial charge is 0.454 e. The molecule has 89 heavy (non-hydrogen) atoms. The Labute approximate surface area is 546 Å². The number of unbranched alkanes of at least 4 members (excludes halogenated alkanes) is 38. The van der Waals surface area contributed by atoms with Crippen LogP contribution in [-0.4, -0.2) is 99.6 Å². The zero-order valence-electron chi connectivity index (χ0n) is 57.5. The van der Waals surface area contributed by atoms with Crippen LogP contribution in [0.15, 0.2) is 85.1 Å². The predicted molar refractivity (Wildman–Crippen MR) is 375 cm³/mol. The molecular formula is C78H139NO10. The molecule has 1 heterocycles. The highest BCUT2D eigenvalue weighted by Gasteiger charge is 2.47. The minimum absolute atomic E-state index is 0.109. The Morgan fingerprint density at radius 1 is 0.438 bits per heavy atom. The molecule has 8 unspecified atom stereocenters. The first-order valence-electron chi connectivity index (χ1n) is 37.4. The summed E-state index contributed by atoms with van der Waals surface area (Å²) < 4.78 is 17.7. The fraction of sp³-hybridized carbons (Fsp3) is 0.795. The highest BCUT2D eigenvalue weighted by atomic mass is 16.7. The van der Waals surface area contributed by atoms with Crippen LogP contribution in [0.25, 0.3) is 0 Å². The Kier molecular flexibility index (Phi) is 61.2. The number of aliphatic hydroxyl groups is 5. The molecule has 6 N–H and O–H groups in total. The number of carbonyl (C=O) groups is 2. The summed E-state index contributed by atoms with van der Waals surface area (Å²) in [5.74, 6) is -1.20. The van der Waals surface area contributed by atoms with Gasteiger partial charge in [0, 0.05) is 6.42 Å². The van der Waals surface area contributed by atoms with E-state index in [-0.39, 0.29) is 19.4 Å². The van der Waals surface area contributed by atoms with Crippen LogP contribution in [0.3, 0.4) is 0 Å². The smallest absolute Gasteiger partial charge is 0.306 e. The predicted octanol–water partition coefficient (Wildman–Crippen LogP) is 19.6. The lowest BCUT2D eigenvalue weighted by molar-refractivity contribution is -0.305. The van der Waals surface area contributed by atoms with Crippen molar-refractivity contribution in [1.82, 2.24) is 5.32 Å². The first-order valence-corrected chi connectivity index (χ1v) is 37.4. The van der Waals surface area contributed by atoms with Crippen molar-refractivity contribution in [2.75, 3.05) is 13.2 Å². The van der Waals surface area contributed by atoms with Gasteiger partial charge >= 0.3 is 5.97 Å². The Hall–Kier alpha value is -3.16. The number of rotatable bonds is 64. The van der Waals surface area contributed by atoms with Crippen molar-refractivity contribution in [2.24, 2.45) is 0 Å². The van der Waals surface area contributed by atoms with Gasteiger partial charge in [0.2, 0.25) is 5.91 Å². The van der Waals surface area contributed by atoms with Crippen molar-refractivity contribution in [2.45, 2.75) is 384 Å². The standard InChI is InChI=1S/C78H139NO10/c1-4-7-10-13-16-19-22-24-26-28-30-32-34-35-36-38-39-41-43-45-47-50-53-56-59-62-65-71(82)77(86)79-69(70(81)64-61-58-55-52-49-21-18-15-12-9-6-3)68-87-78-76(75(85)74(84)72(67-80)88-78)89-73(83)66-63-60-57-54-51-48-46-44-42-40-37-33-31-29-27-25-23-20-17-14-11-8-5-2/h16-17,19-20,24-27,31,33,40,42,61,64,69-72,74-76,78,80-82,84-85H,4-15,18,21-23,28-30,32,34-39,41,43-60,62-63,65-68H2,1-3H3,(H,79,86)/b19-16-,20-17-,26-24-,27-25-,33-31-,42-40-,64-61+.